The van der Waals surface area contributed by atoms with Crippen LogP contribution in [0.3, 0.4) is 0 Å². The second-order valence-corrected chi connectivity index (χ2v) is 6.00. The van der Waals surface area contributed by atoms with Crippen molar-refractivity contribution in [3.05, 3.63) is 47.8 Å². The Labute approximate surface area is 132 Å². The lowest BCUT2D eigenvalue weighted by atomic mass is 9.95. The lowest BCUT2D eigenvalue weighted by Crippen LogP contribution is -2.23. The summed E-state index contributed by atoms with van der Waals surface area (Å²) in [6.07, 6.45) is 6.50. The molecule has 0 amide bonds. The predicted molar refractivity (Wildman–Crippen MR) is 91.0 cm³/mol. The molecule has 0 bridgehead atoms. The summed E-state index contributed by atoms with van der Waals surface area (Å²) in [5.41, 5.74) is 1.25. The van der Waals surface area contributed by atoms with Crippen molar-refractivity contribution >= 4 is 11.6 Å². The molecule has 116 valence electrons. The van der Waals surface area contributed by atoms with E-state index < -0.39 is 0 Å². The molecule has 0 spiro atoms. The van der Waals surface area contributed by atoms with Gasteiger partial charge in [0.25, 0.3) is 0 Å². The molecule has 1 saturated carbocycles. The first-order valence-corrected chi connectivity index (χ1v) is 8.19. The van der Waals surface area contributed by atoms with Crippen molar-refractivity contribution in [2.75, 3.05) is 10.6 Å². The number of aromatic nitrogens is 2. The molecule has 1 aromatic carbocycles. The largest absolute Gasteiger partial charge is 0.367 e. The van der Waals surface area contributed by atoms with Crippen LogP contribution in [0.4, 0.5) is 11.6 Å². The third kappa shape index (κ3) is 4.20. The van der Waals surface area contributed by atoms with E-state index in [1.165, 1.54) is 37.7 Å². The van der Waals surface area contributed by atoms with E-state index in [1.807, 2.05) is 19.1 Å². The van der Waals surface area contributed by atoms with Crippen LogP contribution in [-0.2, 0) is 6.54 Å². The summed E-state index contributed by atoms with van der Waals surface area (Å²) in [5, 5.41) is 6.96. The molecule has 2 aromatic rings. The zero-order valence-electron chi connectivity index (χ0n) is 13.2. The Hall–Kier alpha value is -2.10. The number of nitrogens with zero attached hydrogens (tertiary/aromatic N) is 2. The number of hydrogen-bond donors (Lipinski definition) is 2. The first-order valence-electron chi connectivity index (χ1n) is 8.19. The topological polar surface area (TPSA) is 49.8 Å². The summed E-state index contributed by atoms with van der Waals surface area (Å²) in [7, 11) is 0. The minimum Gasteiger partial charge on any atom is -0.367 e. The number of anilines is 2. The Morgan fingerprint density at radius 2 is 1.73 bits per heavy atom. The molecule has 1 aliphatic rings. The summed E-state index contributed by atoms with van der Waals surface area (Å²) in [6.45, 7) is 2.72. The molecule has 2 N–H and O–H groups in total. The molecule has 0 aliphatic heterocycles. The van der Waals surface area contributed by atoms with Crippen LogP contribution >= 0.6 is 0 Å². The SMILES string of the molecule is Cc1nc(NCc2ccccc2)cc(NC2CCCCC2)n1. The van der Waals surface area contributed by atoms with Crippen molar-refractivity contribution in [2.24, 2.45) is 0 Å². The van der Waals surface area contributed by atoms with Crippen molar-refractivity contribution in [1.29, 1.82) is 0 Å². The van der Waals surface area contributed by atoms with E-state index in [0.29, 0.717) is 6.04 Å². The standard InChI is InChI=1S/C18H24N4/c1-14-20-17(19-13-15-8-4-2-5-9-15)12-18(21-14)22-16-10-6-3-7-11-16/h2,4-5,8-9,12,16H,3,6-7,10-11,13H2,1H3,(H2,19,20,21,22). The van der Waals surface area contributed by atoms with Gasteiger partial charge in [0, 0.05) is 18.7 Å². The molecule has 3 rings (SSSR count). The maximum absolute atomic E-state index is 4.52. The van der Waals surface area contributed by atoms with Gasteiger partial charge in [-0.1, -0.05) is 49.6 Å². The van der Waals surface area contributed by atoms with Crippen LogP contribution in [0, 0.1) is 6.92 Å². The van der Waals surface area contributed by atoms with E-state index in [2.05, 4.69) is 44.9 Å². The monoisotopic (exact) mass is 296 g/mol. The molecule has 1 aliphatic carbocycles. The van der Waals surface area contributed by atoms with Crippen LogP contribution < -0.4 is 10.6 Å². The fraction of sp³-hybridized carbons (Fsp3) is 0.444. The zero-order valence-corrected chi connectivity index (χ0v) is 13.2. The lowest BCUT2D eigenvalue weighted by Gasteiger charge is -2.23. The van der Waals surface area contributed by atoms with Gasteiger partial charge >= 0.3 is 0 Å². The fourth-order valence-electron chi connectivity index (χ4n) is 2.98. The summed E-state index contributed by atoms with van der Waals surface area (Å²) >= 11 is 0. The minimum atomic E-state index is 0.560. The highest BCUT2D eigenvalue weighted by molar-refractivity contribution is 5.48. The van der Waals surface area contributed by atoms with Gasteiger partial charge in [-0.15, -0.1) is 0 Å². The normalized spacial score (nSPS) is 15.5. The van der Waals surface area contributed by atoms with Gasteiger partial charge in [0.05, 0.1) is 0 Å². The van der Waals surface area contributed by atoms with Gasteiger partial charge in [-0.3, -0.25) is 0 Å². The third-order valence-electron chi connectivity index (χ3n) is 4.11. The van der Waals surface area contributed by atoms with E-state index >= 15 is 0 Å². The number of nitrogens with one attached hydrogen (secondary N) is 2. The molecule has 0 atom stereocenters. The van der Waals surface area contributed by atoms with E-state index in [0.717, 1.165) is 24.0 Å². The first-order chi connectivity index (χ1) is 10.8. The Morgan fingerprint density at radius 1 is 1.00 bits per heavy atom. The summed E-state index contributed by atoms with van der Waals surface area (Å²) < 4.78 is 0. The first kappa shape index (κ1) is 14.8. The van der Waals surface area contributed by atoms with Crippen LogP contribution in [0.2, 0.25) is 0 Å². The molecule has 0 radical (unpaired) electrons. The van der Waals surface area contributed by atoms with Crippen LogP contribution in [0.25, 0.3) is 0 Å². The van der Waals surface area contributed by atoms with Crippen molar-refractivity contribution < 1.29 is 0 Å². The molecule has 1 aromatic heterocycles. The molecule has 4 heteroatoms. The molecule has 1 fully saturated rings. The number of aryl methyl sites for hydroxylation is 1. The summed E-state index contributed by atoms with van der Waals surface area (Å²) in [5.74, 6) is 2.63. The molecule has 4 nitrogen and oxygen atoms in total. The van der Waals surface area contributed by atoms with Crippen molar-refractivity contribution in [3.63, 3.8) is 0 Å². The Bertz CT molecular complexity index is 591. The van der Waals surface area contributed by atoms with Crippen molar-refractivity contribution in [2.45, 2.75) is 51.6 Å². The molecule has 1 heterocycles. The van der Waals surface area contributed by atoms with E-state index in [1.54, 1.807) is 0 Å². The third-order valence-corrected chi connectivity index (χ3v) is 4.11. The van der Waals surface area contributed by atoms with Crippen LogP contribution in [0.15, 0.2) is 36.4 Å². The molecular weight excluding hydrogens is 272 g/mol. The van der Waals surface area contributed by atoms with E-state index in [9.17, 15) is 0 Å². The molecule has 0 unspecified atom stereocenters. The van der Waals surface area contributed by atoms with Gasteiger partial charge in [-0.05, 0) is 25.3 Å². The van der Waals surface area contributed by atoms with Gasteiger partial charge in [0.2, 0.25) is 0 Å². The quantitative estimate of drug-likeness (QED) is 0.870. The maximum atomic E-state index is 4.52. The van der Waals surface area contributed by atoms with Gasteiger partial charge in [-0.2, -0.15) is 0 Å². The summed E-state index contributed by atoms with van der Waals surface area (Å²) in [6, 6.07) is 12.9. The van der Waals surface area contributed by atoms with Crippen molar-refractivity contribution in [3.8, 4) is 0 Å². The van der Waals surface area contributed by atoms with Crippen LogP contribution in [0.5, 0.6) is 0 Å². The Kier molecular flexibility index (Phi) is 4.88. The lowest BCUT2D eigenvalue weighted by molar-refractivity contribution is 0.462. The van der Waals surface area contributed by atoms with Gasteiger partial charge in [-0.25, -0.2) is 9.97 Å². The Morgan fingerprint density at radius 3 is 2.50 bits per heavy atom. The smallest absolute Gasteiger partial charge is 0.132 e. The van der Waals surface area contributed by atoms with E-state index in [4.69, 9.17) is 0 Å². The number of hydrogen-bond acceptors (Lipinski definition) is 4. The fourth-order valence-corrected chi connectivity index (χ4v) is 2.98. The second kappa shape index (κ2) is 7.25. The highest BCUT2D eigenvalue weighted by atomic mass is 15.1. The highest BCUT2D eigenvalue weighted by Crippen LogP contribution is 2.22. The second-order valence-electron chi connectivity index (χ2n) is 6.00. The average molecular weight is 296 g/mol. The predicted octanol–water partition coefficient (Wildman–Crippen LogP) is 4.14. The molecular formula is C18H24N4. The van der Waals surface area contributed by atoms with Gasteiger partial charge < -0.3 is 10.6 Å². The number of rotatable bonds is 5. The maximum Gasteiger partial charge on any atom is 0.132 e. The van der Waals surface area contributed by atoms with E-state index in [-0.39, 0.29) is 0 Å². The van der Waals surface area contributed by atoms with Crippen LogP contribution in [-0.4, -0.2) is 16.0 Å². The average Bonchev–Trinajstić information content (AvgIpc) is 2.54. The molecule has 0 saturated heterocycles. The highest BCUT2D eigenvalue weighted by Gasteiger charge is 2.14. The number of benzene rings is 1. The zero-order chi connectivity index (χ0) is 15.2. The summed E-state index contributed by atoms with van der Waals surface area (Å²) in [4.78, 5) is 9.00. The molecule has 22 heavy (non-hydrogen) atoms. The van der Waals surface area contributed by atoms with Crippen molar-refractivity contribution in [1.82, 2.24) is 9.97 Å². The Balaban J connectivity index is 1.64. The van der Waals surface area contributed by atoms with Gasteiger partial charge in [0.1, 0.15) is 17.5 Å². The minimum absolute atomic E-state index is 0.560. The van der Waals surface area contributed by atoms with Gasteiger partial charge in [0.15, 0.2) is 0 Å². The van der Waals surface area contributed by atoms with Crippen LogP contribution in [0.1, 0.15) is 43.5 Å².